The summed E-state index contributed by atoms with van der Waals surface area (Å²) < 4.78 is 0. The van der Waals surface area contributed by atoms with Crippen LogP contribution in [0.1, 0.15) is 52.4 Å². The van der Waals surface area contributed by atoms with Crippen LogP contribution >= 0.6 is 0 Å². The van der Waals surface area contributed by atoms with E-state index in [9.17, 15) is 0 Å². The second kappa shape index (κ2) is 10.0. The number of nitrogens with one attached hydrogen (secondary N) is 1. The maximum Gasteiger partial charge on any atom is 0.0581 e. The summed E-state index contributed by atoms with van der Waals surface area (Å²) in [6, 6.07) is 0.260. The second-order valence-corrected chi connectivity index (χ2v) is 3.81. The molecular formula is C11H25NO. The van der Waals surface area contributed by atoms with E-state index in [-0.39, 0.29) is 12.6 Å². The van der Waals surface area contributed by atoms with Crippen molar-refractivity contribution in [2.75, 3.05) is 13.2 Å². The average Bonchev–Trinajstić information content (AvgIpc) is 2.16. The molecule has 0 radical (unpaired) electrons. The van der Waals surface area contributed by atoms with E-state index in [0.717, 1.165) is 6.54 Å². The fourth-order valence-electron chi connectivity index (χ4n) is 1.32. The van der Waals surface area contributed by atoms with Crippen LogP contribution < -0.4 is 5.32 Å². The summed E-state index contributed by atoms with van der Waals surface area (Å²) in [5, 5.41) is 12.0. The molecule has 0 aliphatic heterocycles. The van der Waals surface area contributed by atoms with Crippen LogP contribution in [0.4, 0.5) is 0 Å². The highest BCUT2D eigenvalue weighted by Crippen LogP contribution is 2.04. The number of aliphatic hydroxyl groups excluding tert-OH is 1. The monoisotopic (exact) mass is 187 g/mol. The third-order valence-electron chi connectivity index (χ3n) is 2.30. The standard InChI is InChI=1S/C11H25NO/c1-3-4-5-6-7-8-9-12-11(2)10-13/h11-13H,3-10H2,1-2H3/t11-/m1/s1. The molecule has 0 saturated heterocycles. The van der Waals surface area contributed by atoms with Crippen LogP contribution in [0.15, 0.2) is 0 Å². The molecule has 0 saturated carbocycles. The van der Waals surface area contributed by atoms with Crippen LogP contribution in [0.5, 0.6) is 0 Å². The minimum atomic E-state index is 0.246. The van der Waals surface area contributed by atoms with Crippen molar-refractivity contribution in [3.05, 3.63) is 0 Å². The Bertz CT molecular complexity index is 96.1. The Balaban J connectivity index is 2.91. The van der Waals surface area contributed by atoms with Gasteiger partial charge in [0.05, 0.1) is 6.61 Å². The predicted molar refractivity (Wildman–Crippen MR) is 57.9 cm³/mol. The quantitative estimate of drug-likeness (QED) is 0.543. The van der Waals surface area contributed by atoms with Gasteiger partial charge in [-0.1, -0.05) is 39.0 Å². The molecule has 0 heterocycles. The molecule has 0 rings (SSSR count). The van der Waals surface area contributed by atoms with E-state index in [1.54, 1.807) is 0 Å². The van der Waals surface area contributed by atoms with Crippen LogP contribution in [0.2, 0.25) is 0 Å². The molecule has 0 aliphatic rings. The molecule has 0 spiro atoms. The molecule has 0 aromatic rings. The lowest BCUT2D eigenvalue weighted by Gasteiger charge is -2.09. The molecule has 80 valence electrons. The normalized spacial score (nSPS) is 13.2. The summed E-state index contributed by atoms with van der Waals surface area (Å²) in [7, 11) is 0. The van der Waals surface area contributed by atoms with Crippen LogP contribution in [0, 0.1) is 0 Å². The van der Waals surface area contributed by atoms with Gasteiger partial charge in [0.15, 0.2) is 0 Å². The Morgan fingerprint density at radius 2 is 1.69 bits per heavy atom. The lowest BCUT2D eigenvalue weighted by Crippen LogP contribution is -2.29. The summed E-state index contributed by atoms with van der Waals surface area (Å²) in [4.78, 5) is 0. The van der Waals surface area contributed by atoms with Crippen LogP contribution in [0.3, 0.4) is 0 Å². The van der Waals surface area contributed by atoms with Crippen molar-refractivity contribution in [1.82, 2.24) is 5.32 Å². The molecular weight excluding hydrogens is 162 g/mol. The zero-order chi connectivity index (χ0) is 9.94. The van der Waals surface area contributed by atoms with Gasteiger partial charge < -0.3 is 10.4 Å². The first-order valence-corrected chi connectivity index (χ1v) is 5.65. The lowest BCUT2D eigenvalue weighted by atomic mass is 10.1. The largest absolute Gasteiger partial charge is 0.395 e. The summed E-state index contributed by atoms with van der Waals surface area (Å²) in [6.45, 7) is 5.55. The molecule has 2 nitrogen and oxygen atoms in total. The number of rotatable bonds is 9. The number of hydrogen-bond acceptors (Lipinski definition) is 2. The van der Waals surface area contributed by atoms with Crippen molar-refractivity contribution in [3.63, 3.8) is 0 Å². The van der Waals surface area contributed by atoms with Crippen LogP contribution in [-0.2, 0) is 0 Å². The van der Waals surface area contributed by atoms with Gasteiger partial charge in [0.2, 0.25) is 0 Å². The molecule has 0 unspecified atom stereocenters. The van der Waals surface area contributed by atoms with E-state index in [1.165, 1.54) is 38.5 Å². The van der Waals surface area contributed by atoms with Gasteiger partial charge in [-0.3, -0.25) is 0 Å². The third-order valence-corrected chi connectivity index (χ3v) is 2.30. The highest BCUT2D eigenvalue weighted by Gasteiger charge is 1.96. The Morgan fingerprint density at radius 1 is 1.08 bits per heavy atom. The van der Waals surface area contributed by atoms with E-state index >= 15 is 0 Å². The smallest absolute Gasteiger partial charge is 0.0581 e. The first-order chi connectivity index (χ1) is 6.31. The van der Waals surface area contributed by atoms with Crippen LogP contribution in [-0.4, -0.2) is 24.3 Å². The van der Waals surface area contributed by atoms with Gasteiger partial charge in [0.1, 0.15) is 0 Å². The maximum atomic E-state index is 8.74. The highest BCUT2D eigenvalue weighted by molar-refractivity contribution is 4.57. The van der Waals surface area contributed by atoms with Gasteiger partial charge in [-0.05, 0) is 19.9 Å². The molecule has 0 bridgehead atoms. The fourth-order valence-corrected chi connectivity index (χ4v) is 1.32. The molecule has 2 heteroatoms. The predicted octanol–water partition coefficient (Wildman–Crippen LogP) is 2.32. The van der Waals surface area contributed by atoms with Crippen molar-refractivity contribution in [2.24, 2.45) is 0 Å². The summed E-state index contributed by atoms with van der Waals surface area (Å²) in [6.07, 6.45) is 8.01. The molecule has 13 heavy (non-hydrogen) atoms. The molecule has 0 fully saturated rings. The van der Waals surface area contributed by atoms with E-state index in [0.29, 0.717) is 0 Å². The van der Waals surface area contributed by atoms with E-state index < -0.39 is 0 Å². The van der Waals surface area contributed by atoms with Gasteiger partial charge in [-0.2, -0.15) is 0 Å². The Hall–Kier alpha value is -0.0800. The van der Waals surface area contributed by atoms with E-state index in [1.807, 2.05) is 6.92 Å². The van der Waals surface area contributed by atoms with E-state index in [4.69, 9.17) is 5.11 Å². The number of hydrogen-bond donors (Lipinski definition) is 2. The Morgan fingerprint density at radius 3 is 2.31 bits per heavy atom. The molecule has 2 N–H and O–H groups in total. The second-order valence-electron chi connectivity index (χ2n) is 3.81. The fraction of sp³-hybridized carbons (Fsp3) is 1.00. The van der Waals surface area contributed by atoms with Gasteiger partial charge >= 0.3 is 0 Å². The summed E-state index contributed by atoms with van der Waals surface area (Å²) in [5.74, 6) is 0. The zero-order valence-electron chi connectivity index (χ0n) is 9.18. The minimum absolute atomic E-state index is 0.246. The van der Waals surface area contributed by atoms with Crippen LogP contribution in [0.25, 0.3) is 0 Å². The molecule has 0 amide bonds. The Labute approximate surface area is 82.7 Å². The van der Waals surface area contributed by atoms with Crippen molar-refractivity contribution in [1.29, 1.82) is 0 Å². The first-order valence-electron chi connectivity index (χ1n) is 5.65. The van der Waals surface area contributed by atoms with Crippen molar-refractivity contribution >= 4 is 0 Å². The van der Waals surface area contributed by atoms with Crippen molar-refractivity contribution in [2.45, 2.75) is 58.4 Å². The SMILES string of the molecule is CCCCCCCCN[C@H](C)CO. The van der Waals surface area contributed by atoms with Gasteiger partial charge in [0, 0.05) is 6.04 Å². The summed E-state index contributed by atoms with van der Waals surface area (Å²) in [5.41, 5.74) is 0. The highest BCUT2D eigenvalue weighted by atomic mass is 16.3. The van der Waals surface area contributed by atoms with Gasteiger partial charge in [0.25, 0.3) is 0 Å². The number of aliphatic hydroxyl groups is 1. The lowest BCUT2D eigenvalue weighted by molar-refractivity contribution is 0.251. The molecule has 0 aliphatic carbocycles. The van der Waals surface area contributed by atoms with Crippen molar-refractivity contribution < 1.29 is 5.11 Å². The van der Waals surface area contributed by atoms with Gasteiger partial charge in [-0.25, -0.2) is 0 Å². The average molecular weight is 187 g/mol. The van der Waals surface area contributed by atoms with Gasteiger partial charge in [-0.15, -0.1) is 0 Å². The molecule has 0 aromatic carbocycles. The number of unbranched alkanes of at least 4 members (excludes halogenated alkanes) is 5. The summed E-state index contributed by atoms with van der Waals surface area (Å²) >= 11 is 0. The van der Waals surface area contributed by atoms with E-state index in [2.05, 4.69) is 12.2 Å². The molecule has 0 aromatic heterocycles. The van der Waals surface area contributed by atoms with Crippen molar-refractivity contribution in [3.8, 4) is 0 Å². The third kappa shape index (κ3) is 9.84. The minimum Gasteiger partial charge on any atom is -0.395 e. The maximum absolute atomic E-state index is 8.74. The molecule has 1 atom stereocenters. The topological polar surface area (TPSA) is 32.3 Å². The zero-order valence-corrected chi connectivity index (χ0v) is 9.18. The first kappa shape index (κ1) is 12.9. The Kier molecular flexibility index (Phi) is 9.94.